The maximum absolute atomic E-state index is 12.9. The van der Waals surface area contributed by atoms with Crippen LogP contribution in [0.1, 0.15) is 28.8 Å². The SMILES string of the molecule is Cc1ccc(C)c(NC(=O)C(C)Sc2nnc(Cc3cccs3)n2-c2ccccc2)c1. The Morgan fingerprint density at radius 3 is 2.65 bits per heavy atom. The van der Waals surface area contributed by atoms with E-state index in [0.29, 0.717) is 11.6 Å². The maximum atomic E-state index is 12.9. The van der Waals surface area contributed by atoms with Crippen LogP contribution in [0.2, 0.25) is 0 Å². The quantitative estimate of drug-likeness (QED) is 0.371. The molecule has 0 spiro atoms. The van der Waals surface area contributed by atoms with E-state index in [4.69, 9.17) is 0 Å². The molecular formula is C24H24N4OS2. The molecule has 0 aliphatic carbocycles. The molecule has 0 aliphatic rings. The molecule has 2 heterocycles. The minimum absolute atomic E-state index is 0.0545. The summed E-state index contributed by atoms with van der Waals surface area (Å²) in [5, 5.41) is 14.4. The first-order valence-electron chi connectivity index (χ1n) is 10.1. The molecule has 0 bridgehead atoms. The van der Waals surface area contributed by atoms with Gasteiger partial charge in [0.05, 0.1) is 5.25 Å². The second kappa shape index (κ2) is 9.49. The highest BCUT2D eigenvalue weighted by atomic mass is 32.2. The van der Waals surface area contributed by atoms with Crippen molar-refractivity contribution >= 4 is 34.7 Å². The second-order valence-corrected chi connectivity index (χ2v) is 9.73. The van der Waals surface area contributed by atoms with E-state index < -0.39 is 0 Å². The molecule has 1 unspecified atom stereocenters. The highest BCUT2D eigenvalue weighted by molar-refractivity contribution is 8.00. The van der Waals surface area contributed by atoms with Crippen LogP contribution in [0.15, 0.2) is 71.2 Å². The first-order valence-corrected chi connectivity index (χ1v) is 11.8. The van der Waals surface area contributed by atoms with Crippen molar-refractivity contribution in [3.63, 3.8) is 0 Å². The summed E-state index contributed by atoms with van der Waals surface area (Å²) in [7, 11) is 0. The fourth-order valence-corrected chi connectivity index (χ4v) is 4.80. The number of rotatable bonds is 7. The number of nitrogens with one attached hydrogen (secondary N) is 1. The number of benzene rings is 2. The zero-order valence-electron chi connectivity index (χ0n) is 17.7. The Bertz CT molecular complexity index is 1170. The molecule has 0 radical (unpaired) electrons. The summed E-state index contributed by atoms with van der Waals surface area (Å²) in [6.45, 7) is 5.91. The minimum Gasteiger partial charge on any atom is -0.325 e. The van der Waals surface area contributed by atoms with Gasteiger partial charge in [-0.2, -0.15) is 0 Å². The van der Waals surface area contributed by atoms with E-state index in [2.05, 4.69) is 27.0 Å². The maximum Gasteiger partial charge on any atom is 0.237 e. The van der Waals surface area contributed by atoms with Gasteiger partial charge in [0.25, 0.3) is 0 Å². The molecule has 4 rings (SSSR count). The topological polar surface area (TPSA) is 59.8 Å². The van der Waals surface area contributed by atoms with Crippen LogP contribution >= 0.6 is 23.1 Å². The lowest BCUT2D eigenvalue weighted by Gasteiger charge is -2.15. The third-order valence-corrected chi connectivity index (χ3v) is 6.85. The smallest absolute Gasteiger partial charge is 0.237 e. The van der Waals surface area contributed by atoms with Gasteiger partial charge in [-0.1, -0.05) is 48.2 Å². The standard InChI is InChI=1S/C24H24N4OS2/c1-16-11-12-17(2)21(14-16)25-23(29)18(3)31-24-27-26-22(15-20-10-7-13-30-20)28(24)19-8-5-4-6-9-19/h4-14,18H,15H2,1-3H3,(H,25,29). The molecule has 0 aliphatic heterocycles. The Kier molecular flexibility index (Phi) is 6.53. The third kappa shape index (κ3) is 5.06. The van der Waals surface area contributed by atoms with E-state index in [-0.39, 0.29) is 11.2 Å². The molecular weight excluding hydrogens is 424 g/mol. The lowest BCUT2D eigenvalue weighted by Crippen LogP contribution is -2.23. The summed E-state index contributed by atoms with van der Waals surface area (Å²) in [5.41, 5.74) is 3.99. The number of carbonyl (C=O) groups excluding carboxylic acids is 1. The second-order valence-electron chi connectivity index (χ2n) is 7.39. The van der Waals surface area contributed by atoms with Crippen LogP contribution in [-0.2, 0) is 11.2 Å². The van der Waals surface area contributed by atoms with Crippen molar-refractivity contribution in [2.45, 2.75) is 37.6 Å². The first-order chi connectivity index (χ1) is 15.0. The largest absolute Gasteiger partial charge is 0.325 e. The van der Waals surface area contributed by atoms with Gasteiger partial charge in [0.1, 0.15) is 5.82 Å². The Morgan fingerprint density at radius 2 is 1.90 bits per heavy atom. The van der Waals surface area contributed by atoms with E-state index in [1.165, 1.54) is 16.6 Å². The summed E-state index contributed by atoms with van der Waals surface area (Å²) in [4.78, 5) is 14.1. The van der Waals surface area contributed by atoms with Crippen LogP contribution in [0.3, 0.4) is 0 Å². The van der Waals surface area contributed by atoms with Gasteiger partial charge < -0.3 is 5.32 Å². The van der Waals surface area contributed by atoms with Crippen LogP contribution in [-0.4, -0.2) is 25.9 Å². The summed E-state index contributed by atoms with van der Waals surface area (Å²) in [6.07, 6.45) is 0.698. The number of para-hydroxylation sites is 1. The normalized spacial score (nSPS) is 12.0. The molecule has 1 N–H and O–H groups in total. The fraction of sp³-hybridized carbons (Fsp3) is 0.208. The van der Waals surface area contributed by atoms with Crippen molar-refractivity contribution in [1.82, 2.24) is 14.8 Å². The molecule has 2 aromatic carbocycles. The van der Waals surface area contributed by atoms with Crippen molar-refractivity contribution in [1.29, 1.82) is 0 Å². The predicted octanol–water partition coefficient (Wildman–Crippen LogP) is 5.66. The number of hydrogen-bond donors (Lipinski definition) is 1. The van der Waals surface area contributed by atoms with Crippen LogP contribution in [0, 0.1) is 13.8 Å². The number of carbonyl (C=O) groups is 1. The monoisotopic (exact) mass is 448 g/mol. The molecule has 2 aromatic heterocycles. The van der Waals surface area contributed by atoms with Crippen molar-refractivity contribution in [2.24, 2.45) is 0 Å². The van der Waals surface area contributed by atoms with Gasteiger partial charge in [0.15, 0.2) is 5.16 Å². The van der Waals surface area contributed by atoms with E-state index in [9.17, 15) is 4.79 Å². The Balaban J connectivity index is 1.58. The lowest BCUT2D eigenvalue weighted by atomic mass is 10.1. The van der Waals surface area contributed by atoms with E-state index in [0.717, 1.165) is 28.3 Å². The Hall–Kier alpha value is -2.90. The third-order valence-electron chi connectivity index (χ3n) is 4.93. The van der Waals surface area contributed by atoms with Crippen LogP contribution in [0.4, 0.5) is 5.69 Å². The van der Waals surface area contributed by atoms with Crippen molar-refractivity contribution < 1.29 is 4.79 Å². The molecule has 158 valence electrons. The molecule has 4 aromatic rings. The van der Waals surface area contributed by atoms with Gasteiger partial charge in [0.2, 0.25) is 5.91 Å². The lowest BCUT2D eigenvalue weighted by molar-refractivity contribution is -0.115. The molecule has 5 nitrogen and oxygen atoms in total. The highest BCUT2D eigenvalue weighted by Gasteiger charge is 2.22. The number of nitrogens with zero attached hydrogens (tertiary/aromatic N) is 3. The predicted molar refractivity (Wildman–Crippen MR) is 128 cm³/mol. The zero-order valence-corrected chi connectivity index (χ0v) is 19.3. The number of amides is 1. The van der Waals surface area contributed by atoms with Gasteiger partial charge in [0, 0.05) is 22.7 Å². The van der Waals surface area contributed by atoms with Crippen LogP contribution in [0.25, 0.3) is 5.69 Å². The van der Waals surface area contributed by atoms with E-state index in [1.807, 2.05) is 79.9 Å². The number of thiophene rings is 1. The number of thioether (sulfide) groups is 1. The van der Waals surface area contributed by atoms with Crippen molar-refractivity contribution in [2.75, 3.05) is 5.32 Å². The Labute approximate surface area is 190 Å². The molecule has 31 heavy (non-hydrogen) atoms. The molecule has 7 heteroatoms. The summed E-state index contributed by atoms with van der Waals surface area (Å²) in [5.74, 6) is 0.805. The van der Waals surface area contributed by atoms with Crippen molar-refractivity contribution in [3.05, 3.63) is 87.9 Å². The van der Waals surface area contributed by atoms with Gasteiger partial charge in [-0.05, 0) is 61.5 Å². The Morgan fingerprint density at radius 1 is 1.10 bits per heavy atom. The summed E-state index contributed by atoms with van der Waals surface area (Å²) >= 11 is 3.12. The minimum atomic E-state index is -0.332. The van der Waals surface area contributed by atoms with E-state index >= 15 is 0 Å². The molecule has 0 fully saturated rings. The molecule has 0 saturated heterocycles. The number of aromatic nitrogens is 3. The zero-order chi connectivity index (χ0) is 21.8. The number of aryl methyl sites for hydroxylation is 2. The van der Waals surface area contributed by atoms with Crippen LogP contribution < -0.4 is 5.32 Å². The van der Waals surface area contributed by atoms with Gasteiger partial charge in [-0.3, -0.25) is 9.36 Å². The van der Waals surface area contributed by atoms with Gasteiger partial charge in [-0.25, -0.2) is 0 Å². The number of anilines is 1. The fourth-order valence-electron chi connectivity index (χ4n) is 3.21. The van der Waals surface area contributed by atoms with Crippen molar-refractivity contribution in [3.8, 4) is 5.69 Å². The average Bonchev–Trinajstić information content (AvgIpc) is 3.41. The summed E-state index contributed by atoms with van der Waals surface area (Å²) in [6, 6.07) is 20.2. The highest BCUT2D eigenvalue weighted by Crippen LogP contribution is 2.28. The van der Waals surface area contributed by atoms with E-state index in [1.54, 1.807) is 11.3 Å². The molecule has 1 amide bonds. The van der Waals surface area contributed by atoms with Crippen LogP contribution in [0.5, 0.6) is 0 Å². The van der Waals surface area contributed by atoms with Gasteiger partial charge in [-0.15, -0.1) is 21.5 Å². The van der Waals surface area contributed by atoms with Gasteiger partial charge >= 0.3 is 0 Å². The number of hydrogen-bond acceptors (Lipinski definition) is 5. The first kappa shape index (κ1) is 21.3. The molecule has 0 saturated carbocycles. The summed E-state index contributed by atoms with van der Waals surface area (Å²) < 4.78 is 2.05. The molecule has 1 atom stereocenters. The average molecular weight is 449 g/mol.